The Labute approximate surface area is 195 Å². The average molecular weight is 437 g/mol. The molecule has 5 rings (SSSR count). The predicted octanol–water partition coefficient (Wildman–Crippen LogP) is 7.16. The van der Waals surface area contributed by atoms with Crippen molar-refractivity contribution in [2.75, 3.05) is 14.2 Å². The first-order valence-electron chi connectivity index (χ1n) is 11.4. The zero-order valence-corrected chi connectivity index (χ0v) is 19.3. The Hall–Kier alpha value is -3.72. The molecule has 166 valence electrons. The molecule has 0 aliphatic carbocycles. The summed E-state index contributed by atoms with van der Waals surface area (Å²) in [4.78, 5) is 0. The Morgan fingerprint density at radius 2 is 1.39 bits per heavy atom. The molecule has 0 amide bonds. The number of methoxy groups -OCH3 is 2. The zero-order chi connectivity index (χ0) is 22.8. The summed E-state index contributed by atoms with van der Waals surface area (Å²) in [6.45, 7) is 2.22. The van der Waals surface area contributed by atoms with Crippen molar-refractivity contribution in [1.82, 2.24) is 0 Å². The summed E-state index contributed by atoms with van der Waals surface area (Å²) in [6.07, 6.45) is 6.53. The molecule has 0 unspecified atom stereocenters. The molecule has 0 bridgehead atoms. The Balaban J connectivity index is 1.74. The Bertz CT molecular complexity index is 1250. The quantitative estimate of drug-likeness (QED) is 0.321. The second-order valence-corrected chi connectivity index (χ2v) is 8.38. The summed E-state index contributed by atoms with van der Waals surface area (Å²) in [5.74, 6) is 2.57. The molecule has 0 atom stereocenters. The van der Waals surface area contributed by atoms with E-state index in [2.05, 4.69) is 73.7 Å². The van der Waals surface area contributed by atoms with E-state index in [9.17, 15) is 0 Å². The van der Waals surface area contributed by atoms with Crippen molar-refractivity contribution in [3.05, 3.63) is 107 Å². The minimum Gasteiger partial charge on any atom is -0.497 e. The highest BCUT2D eigenvalue weighted by molar-refractivity contribution is 5.94. The van der Waals surface area contributed by atoms with Gasteiger partial charge in [0.05, 0.1) is 14.2 Å². The number of hydrogen-bond acceptors (Lipinski definition) is 3. The first-order valence-corrected chi connectivity index (χ1v) is 11.4. The standard InChI is InChI=1S/C30H28O3/c1-4-7-21-20-22-8-5-6-9-27(22)29-28(21)18-19-30(33-29,23-10-14-25(31-2)15-11-23)24-12-16-26(32-3)17-13-24/h5-6,8-20H,4,7H2,1-3H3. The van der Waals surface area contributed by atoms with E-state index in [1.807, 2.05) is 24.3 Å². The summed E-state index contributed by atoms with van der Waals surface area (Å²) in [6, 6.07) is 27.0. The molecule has 0 spiro atoms. The van der Waals surface area contributed by atoms with Crippen LogP contribution in [0.15, 0.2) is 84.9 Å². The van der Waals surface area contributed by atoms with Crippen molar-refractivity contribution in [3.63, 3.8) is 0 Å². The van der Waals surface area contributed by atoms with E-state index >= 15 is 0 Å². The van der Waals surface area contributed by atoms with Crippen LogP contribution in [-0.2, 0) is 12.0 Å². The van der Waals surface area contributed by atoms with Crippen molar-refractivity contribution < 1.29 is 14.2 Å². The van der Waals surface area contributed by atoms with Gasteiger partial charge in [0.15, 0.2) is 5.60 Å². The molecule has 4 aromatic carbocycles. The first kappa shape index (κ1) is 21.1. The molecule has 0 fully saturated rings. The second kappa shape index (κ2) is 8.67. The smallest absolute Gasteiger partial charge is 0.178 e. The molecule has 1 aliphatic rings. The van der Waals surface area contributed by atoms with Gasteiger partial charge in [-0.05, 0) is 47.7 Å². The third kappa shape index (κ3) is 3.64. The van der Waals surface area contributed by atoms with E-state index < -0.39 is 5.60 Å². The second-order valence-electron chi connectivity index (χ2n) is 8.38. The number of ether oxygens (including phenoxy) is 3. The van der Waals surface area contributed by atoms with Gasteiger partial charge < -0.3 is 14.2 Å². The van der Waals surface area contributed by atoms with Gasteiger partial charge in [0, 0.05) is 22.1 Å². The SMILES string of the molecule is CCCc1cc2ccccc2c2c1C=CC(c1ccc(OC)cc1)(c1ccc(OC)cc1)O2. The Morgan fingerprint density at radius 1 is 0.788 bits per heavy atom. The maximum atomic E-state index is 7.07. The van der Waals surface area contributed by atoms with Crippen LogP contribution >= 0.6 is 0 Å². The molecule has 33 heavy (non-hydrogen) atoms. The maximum absolute atomic E-state index is 7.07. The number of rotatable bonds is 6. The molecule has 1 aliphatic heterocycles. The van der Waals surface area contributed by atoms with Gasteiger partial charge in [0.2, 0.25) is 0 Å². The lowest BCUT2D eigenvalue weighted by Gasteiger charge is -2.37. The molecule has 0 saturated heterocycles. The molecule has 0 radical (unpaired) electrons. The fraction of sp³-hybridized carbons (Fsp3) is 0.200. The van der Waals surface area contributed by atoms with Gasteiger partial charge in [-0.2, -0.15) is 0 Å². The number of aryl methyl sites for hydroxylation is 1. The van der Waals surface area contributed by atoms with E-state index in [-0.39, 0.29) is 0 Å². The minimum atomic E-state index is -0.765. The molecule has 0 aromatic heterocycles. The highest BCUT2D eigenvalue weighted by atomic mass is 16.5. The van der Waals surface area contributed by atoms with Crippen molar-refractivity contribution in [1.29, 1.82) is 0 Å². The number of hydrogen-bond donors (Lipinski definition) is 0. The third-order valence-corrected chi connectivity index (χ3v) is 6.43. The molecule has 1 heterocycles. The predicted molar refractivity (Wildman–Crippen MR) is 134 cm³/mol. The van der Waals surface area contributed by atoms with Gasteiger partial charge in [-0.3, -0.25) is 0 Å². The van der Waals surface area contributed by atoms with Crippen LogP contribution in [0.2, 0.25) is 0 Å². The van der Waals surface area contributed by atoms with Gasteiger partial charge in [-0.25, -0.2) is 0 Å². The fourth-order valence-electron chi connectivity index (χ4n) is 4.70. The van der Waals surface area contributed by atoms with Gasteiger partial charge >= 0.3 is 0 Å². The van der Waals surface area contributed by atoms with E-state index in [4.69, 9.17) is 14.2 Å². The summed E-state index contributed by atoms with van der Waals surface area (Å²) in [5, 5.41) is 2.33. The lowest BCUT2D eigenvalue weighted by Crippen LogP contribution is -2.34. The molecular weight excluding hydrogens is 408 g/mol. The highest BCUT2D eigenvalue weighted by Gasteiger charge is 2.38. The molecule has 0 saturated carbocycles. The van der Waals surface area contributed by atoms with E-state index in [1.165, 1.54) is 16.5 Å². The van der Waals surface area contributed by atoms with Crippen LogP contribution in [0.3, 0.4) is 0 Å². The van der Waals surface area contributed by atoms with Crippen LogP contribution in [0.25, 0.3) is 16.8 Å². The van der Waals surface area contributed by atoms with Crippen molar-refractivity contribution in [2.45, 2.75) is 25.4 Å². The largest absolute Gasteiger partial charge is 0.497 e. The Kier molecular flexibility index (Phi) is 5.55. The monoisotopic (exact) mass is 436 g/mol. The van der Waals surface area contributed by atoms with Crippen molar-refractivity contribution in [3.8, 4) is 17.2 Å². The fourth-order valence-corrected chi connectivity index (χ4v) is 4.70. The summed E-state index contributed by atoms with van der Waals surface area (Å²) >= 11 is 0. The molecule has 0 N–H and O–H groups in total. The maximum Gasteiger partial charge on any atom is 0.178 e. The molecular formula is C30H28O3. The van der Waals surface area contributed by atoms with E-state index in [0.29, 0.717) is 0 Å². The van der Waals surface area contributed by atoms with E-state index in [1.54, 1.807) is 14.2 Å². The van der Waals surface area contributed by atoms with Crippen LogP contribution in [0.1, 0.15) is 35.6 Å². The van der Waals surface area contributed by atoms with Gasteiger partial charge in [0.1, 0.15) is 17.2 Å². The zero-order valence-electron chi connectivity index (χ0n) is 19.3. The van der Waals surface area contributed by atoms with Crippen LogP contribution in [-0.4, -0.2) is 14.2 Å². The summed E-state index contributed by atoms with van der Waals surface area (Å²) in [5.41, 5.74) is 3.81. The highest BCUT2D eigenvalue weighted by Crippen LogP contribution is 2.46. The van der Waals surface area contributed by atoms with Gasteiger partial charge in [-0.1, -0.05) is 74.0 Å². The van der Waals surface area contributed by atoms with Gasteiger partial charge in [0.25, 0.3) is 0 Å². The normalized spacial score (nSPS) is 13.9. The molecule has 3 heteroatoms. The first-order chi connectivity index (χ1) is 16.2. The summed E-state index contributed by atoms with van der Waals surface area (Å²) < 4.78 is 17.9. The van der Waals surface area contributed by atoms with Crippen LogP contribution in [0, 0.1) is 0 Å². The number of benzene rings is 4. The topological polar surface area (TPSA) is 27.7 Å². The van der Waals surface area contributed by atoms with E-state index in [0.717, 1.165) is 46.6 Å². The van der Waals surface area contributed by atoms with Crippen LogP contribution < -0.4 is 14.2 Å². The average Bonchev–Trinajstić information content (AvgIpc) is 2.88. The lowest BCUT2D eigenvalue weighted by atomic mass is 9.82. The van der Waals surface area contributed by atoms with Crippen molar-refractivity contribution >= 4 is 16.8 Å². The van der Waals surface area contributed by atoms with Crippen molar-refractivity contribution in [2.24, 2.45) is 0 Å². The Morgan fingerprint density at radius 3 is 1.97 bits per heavy atom. The third-order valence-electron chi connectivity index (χ3n) is 6.43. The number of fused-ring (bicyclic) bond motifs is 3. The summed E-state index contributed by atoms with van der Waals surface area (Å²) in [7, 11) is 3.37. The van der Waals surface area contributed by atoms with Crippen LogP contribution in [0.5, 0.6) is 17.2 Å². The van der Waals surface area contributed by atoms with Gasteiger partial charge in [-0.15, -0.1) is 0 Å². The molecule has 4 aromatic rings. The van der Waals surface area contributed by atoms with Crippen LogP contribution in [0.4, 0.5) is 0 Å². The minimum absolute atomic E-state index is 0.765. The molecule has 3 nitrogen and oxygen atoms in total. The lowest BCUT2D eigenvalue weighted by molar-refractivity contribution is 0.163.